The molecule has 2 aromatic rings. The molecule has 0 bridgehead atoms. The van der Waals surface area contributed by atoms with Gasteiger partial charge in [-0.3, -0.25) is 4.79 Å². The first-order valence-corrected chi connectivity index (χ1v) is 8.27. The Bertz CT molecular complexity index is 790. The normalized spacial score (nSPS) is 10.2. The lowest BCUT2D eigenvalue weighted by atomic mass is 10.1. The first-order valence-electron chi connectivity index (χ1n) is 7.89. The van der Waals surface area contributed by atoms with Crippen molar-refractivity contribution in [2.45, 2.75) is 20.3 Å². The Balaban J connectivity index is 1.94. The largest absolute Gasteiger partial charge is 0.465 e. The van der Waals surface area contributed by atoms with Crippen LogP contribution in [-0.2, 0) is 9.53 Å². The van der Waals surface area contributed by atoms with Gasteiger partial charge in [-0.2, -0.15) is 0 Å². The van der Waals surface area contributed by atoms with Crippen LogP contribution in [0.15, 0.2) is 36.4 Å². The van der Waals surface area contributed by atoms with Crippen LogP contribution in [0.3, 0.4) is 0 Å². The third-order valence-corrected chi connectivity index (χ3v) is 4.05. The zero-order valence-electron chi connectivity index (χ0n) is 14.5. The van der Waals surface area contributed by atoms with E-state index in [-0.39, 0.29) is 12.3 Å². The number of halogens is 1. The minimum atomic E-state index is -0.483. The molecule has 2 aromatic carbocycles. The second-order valence-electron chi connectivity index (χ2n) is 5.73. The number of hydrogen-bond donors (Lipinski definition) is 2. The molecule has 0 fully saturated rings. The van der Waals surface area contributed by atoms with Gasteiger partial charge in [0.15, 0.2) is 0 Å². The SMILES string of the molecule is COC(=O)c1ccc(Cl)c(NC(=O)CCNc2cc(C)ccc2C)c1. The number of nitrogens with one attached hydrogen (secondary N) is 2. The second-order valence-corrected chi connectivity index (χ2v) is 6.14. The fraction of sp³-hybridized carbons (Fsp3) is 0.263. The van der Waals surface area contributed by atoms with Crippen molar-refractivity contribution >= 4 is 34.9 Å². The molecule has 0 spiro atoms. The van der Waals surface area contributed by atoms with Crippen LogP contribution in [0, 0.1) is 13.8 Å². The molecule has 0 unspecified atom stereocenters. The summed E-state index contributed by atoms with van der Waals surface area (Å²) in [4.78, 5) is 23.7. The standard InChI is InChI=1S/C19H21ClN2O3/c1-12-4-5-13(2)16(10-12)21-9-8-18(23)22-17-11-14(19(24)25-3)6-7-15(17)20/h4-7,10-11,21H,8-9H2,1-3H3,(H,22,23). The Morgan fingerprint density at radius 3 is 2.56 bits per heavy atom. The van der Waals surface area contributed by atoms with E-state index in [2.05, 4.69) is 15.4 Å². The summed E-state index contributed by atoms with van der Waals surface area (Å²) in [5, 5.41) is 6.34. The third kappa shape index (κ3) is 5.22. The number of esters is 1. The Hall–Kier alpha value is -2.53. The number of anilines is 2. The summed E-state index contributed by atoms with van der Waals surface area (Å²) in [6.07, 6.45) is 0.270. The number of methoxy groups -OCH3 is 1. The van der Waals surface area contributed by atoms with Gasteiger partial charge < -0.3 is 15.4 Å². The summed E-state index contributed by atoms with van der Waals surface area (Å²) in [7, 11) is 1.30. The maximum atomic E-state index is 12.1. The Labute approximate surface area is 152 Å². The summed E-state index contributed by atoms with van der Waals surface area (Å²) in [5.41, 5.74) is 4.01. The molecule has 25 heavy (non-hydrogen) atoms. The molecule has 0 radical (unpaired) electrons. The molecule has 0 saturated heterocycles. The van der Waals surface area contributed by atoms with E-state index in [0.717, 1.165) is 16.8 Å². The summed E-state index contributed by atoms with van der Waals surface area (Å²) >= 11 is 6.07. The van der Waals surface area contributed by atoms with E-state index < -0.39 is 5.97 Å². The number of carbonyl (C=O) groups excluding carboxylic acids is 2. The molecule has 1 amide bonds. The van der Waals surface area contributed by atoms with E-state index >= 15 is 0 Å². The van der Waals surface area contributed by atoms with Gasteiger partial charge >= 0.3 is 5.97 Å². The highest BCUT2D eigenvalue weighted by atomic mass is 35.5. The van der Waals surface area contributed by atoms with Crippen LogP contribution >= 0.6 is 11.6 Å². The highest BCUT2D eigenvalue weighted by Gasteiger charge is 2.11. The molecular weight excluding hydrogens is 340 g/mol. The van der Waals surface area contributed by atoms with Gasteiger partial charge in [-0.15, -0.1) is 0 Å². The molecule has 5 nitrogen and oxygen atoms in total. The van der Waals surface area contributed by atoms with Gasteiger partial charge in [0, 0.05) is 18.7 Å². The monoisotopic (exact) mass is 360 g/mol. The minimum Gasteiger partial charge on any atom is -0.465 e. The highest BCUT2D eigenvalue weighted by Crippen LogP contribution is 2.23. The predicted molar refractivity (Wildman–Crippen MR) is 100 cm³/mol. The van der Waals surface area contributed by atoms with Gasteiger partial charge in [0.25, 0.3) is 0 Å². The Morgan fingerprint density at radius 2 is 1.84 bits per heavy atom. The van der Waals surface area contributed by atoms with Gasteiger partial charge in [0.2, 0.25) is 5.91 Å². The van der Waals surface area contributed by atoms with Gasteiger partial charge in [-0.25, -0.2) is 4.79 Å². The van der Waals surface area contributed by atoms with E-state index in [0.29, 0.717) is 22.8 Å². The molecule has 0 saturated carbocycles. The molecule has 132 valence electrons. The molecule has 6 heteroatoms. The number of amides is 1. The third-order valence-electron chi connectivity index (χ3n) is 3.72. The second kappa shape index (κ2) is 8.53. The van der Waals surface area contributed by atoms with E-state index in [1.165, 1.54) is 13.2 Å². The number of rotatable bonds is 6. The van der Waals surface area contributed by atoms with Crippen molar-refractivity contribution in [1.29, 1.82) is 0 Å². The molecule has 2 rings (SSSR count). The summed E-state index contributed by atoms with van der Waals surface area (Å²) < 4.78 is 4.67. The topological polar surface area (TPSA) is 67.4 Å². The van der Waals surface area contributed by atoms with Gasteiger partial charge in [0.1, 0.15) is 0 Å². The molecular formula is C19H21ClN2O3. The van der Waals surface area contributed by atoms with E-state index in [4.69, 9.17) is 11.6 Å². The molecule has 0 aromatic heterocycles. The molecule has 0 aliphatic rings. The molecule has 0 atom stereocenters. The number of benzene rings is 2. The van der Waals surface area contributed by atoms with Crippen molar-refractivity contribution in [3.05, 3.63) is 58.1 Å². The van der Waals surface area contributed by atoms with E-state index in [9.17, 15) is 9.59 Å². The first-order chi connectivity index (χ1) is 11.9. The lowest BCUT2D eigenvalue weighted by Gasteiger charge is -2.12. The van der Waals surface area contributed by atoms with Crippen molar-refractivity contribution in [2.24, 2.45) is 0 Å². The average Bonchev–Trinajstić information content (AvgIpc) is 2.59. The maximum absolute atomic E-state index is 12.1. The summed E-state index contributed by atoms with van der Waals surface area (Å²) in [6.45, 7) is 4.53. The van der Waals surface area contributed by atoms with E-state index in [1.54, 1.807) is 12.1 Å². The van der Waals surface area contributed by atoms with Crippen LogP contribution in [0.25, 0.3) is 0 Å². The number of carbonyl (C=O) groups is 2. The fourth-order valence-corrected chi connectivity index (χ4v) is 2.48. The van der Waals surface area contributed by atoms with Crippen LogP contribution in [-0.4, -0.2) is 25.5 Å². The first kappa shape index (κ1) is 18.8. The highest BCUT2D eigenvalue weighted by molar-refractivity contribution is 6.33. The summed E-state index contributed by atoms with van der Waals surface area (Å²) in [6, 6.07) is 10.7. The predicted octanol–water partition coefficient (Wildman–Crippen LogP) is 4.18. The van der Waals surface area contributed by atoms with E-state index in [1.807, 2.05) is 32.0 Å². The molecule has 2 N–H and O–H groups in total. The van der Waals surface area contributed by atoms with Crippen molar-refractivity contribution in [3.8, 4) is 0 Å². The Morgan fingerprint density at radius 1 is 1.08 bits per heavy atom. The van der Waals surface area contributed by atoms with Gasteiger partial charge in [-0.1, -0.05) is 23.7 Å². The smallest absolute Gasteiger partial charge is 0.337 e. The minimum absolute atomic E-state index is 0.193. The molecule has 0 heterocycles. The lowest BCUT2D eigenvalue weighted by molar-refractivity contribution is -0.115. The number of hydrogen-bond acceptors (Lipinski definition) is 4. The van der Waals surface area contributed by atoms with Crippen molar-refractivity contribution < 1.29 is 14.3 Å². The van der Waals surface area contributed by atoms with Crippen LogP contribution in [0.5, 0.6) is 0 Å². The number of aryl methyl sites for hydroxylation is 2. The van der Waals surface area contributed by atoms with Gasteiger partial charge in [-0.05, 0) is 49.2 Å². The fourth-order valence-electron chi connectivity index (χ4n) is 2.32. The molecule has 0 aliphatic carbocycles. The van der Waals surface area contributed by atoms with Crippen LogP contribution < -0.4 is 10.6 Å². The average molecular weight is 361 g/mol. The zero-order valence-corrected chi connectivity index (χ0v) is 15.2. The summed E-state index contributed by atoms with van der Waals surface area (Å²) in [5.74, 6) is -0.675. The van der Waals surface area contributed by atoms with Crippen molar-refractivity contribution in [3.63, 3.8) is 0 Å². The van der Waals surface area contributed by atoms with Crippen LogP contribution in [0.1, 0.15) is 27.9 Å². The molecule has 0 aliphatic heterocycles. The van der Waals surface area contributed by atoms with Crippen LogP contribution in [0.4, 0.5) is 11.4 Å². The zero-order chi connectivity index (χ0) is 18.4. The Kier molecular flexibility index (Phi) is 6.42. The lowest BCUT2D eigenvalue weighted by Crippen LogP contribution is -2.17. The van der Waals surface area contributed by atoms with Crippen LogP contribution in [0.2, 0.25) is 5.02 Å². The quantitative estimate of drug-likeness (QED) is 0.758. The maximum Gasteiger partial charge on any atom is 0.337 e. The van der Waals surface area contributed by atoms with Crippen molar-refractivity contribution in [2.75, 3.05) is 24.3 Å². The van der Waals surface area contributed by atoms with Gasteiger partial charge in [0.05, 0.1) is 23.4 Å². The van der Waals surface area contributed by atoms with Crippen molar-refractivity contribution in [1.82, 2.24) is 0 Å². The number of ether oxygens (including phenoxy) is 1.